The van der Waals surface area contributed by atoms with Gasteiger partial charge in [-0.25, -0.2) is 4.79 Å². The number of ether oxygens (including phenoxy) is 3. The summed E-state index contributed by atoms with van der Waals surface area (Å²) in [6.45, 7) is 1.32. The number of halogens is 3. The maximum atomic E-state index is 12.8. The number of carbonyl (C=O) groups is 4. The summed E-state index contributed by atoms with van der Waals surface area (Å²) in [4.78, 5) is 48.5. The molecule has 1 amide bonds. The number of nitrogens with one attached hydrogen (secondary N) is 1. The van der Waals surface area contributed by atoms with Gasteiger partial charge in [0, 0.05) is 5.92 Å². The smallest absolute Gasteiger partial charge is 0.416 e. The second-order valence-electron chi connectivity index (χ2n) is 6.33. The zero-order valence-corrected chi connectivity index (χ0v) is 16.7. The zero-order chi connectivity index (χ0) is 23.1. The van der Waals surface area contributed by atoms with Gasteiger partial charge in [-0.05, 0) is 11.6 Å². The first kappa shape index (κ1) is 24.9. The zero-order valence-electron chi connectivity index (χ0n) is 16.7. The topological polar surface area (TPSA) is 108 Å². The van der Waals surface area contributed by atoms with Gasteiger partial charge in [-0.3, -0.25) is 14.4 Å². The molecule has 0 saturated carbocycles. The molecule has 1 aromatic carbocycles. The van der Waals surface area contributed by atoms with Crippen LogP contribution in [0.15, 0.2) is 24.3 Å². The molecule has 11 heteroatoms. The van der Waals surface area contributed by atoms with Gasteiger partial charge in [0.2, 0.25) is 5.91 Å². The third-order valence-electron chi connectivity index (χ3n) is 4.35. The fourth-order valence-corrected chi connectivity index (χ4v) is 2.77. The summed E-state index contributed by atoms with van der Waals surface area (Å²) < 4.78 is 52.2. The maximum Gasteiger partial charge on any atom is 0.416 e. The van der Waals surface area contributed by atoms with Crippen molar-refractivity contribution in [2.24, 2.45) is 11.8 Å². The van der Waals surface area contributed by atoms with Crippen molar-refractivity contribution in [2.75, 3.05) is 21.3 Å². The van der Waals surface area contributed by atoms with Crippen molar-refractivity contribution in [3.05, 3.63) is 35.4 Å². The molecule has 1 N–H and O–H groups in total. The van der Waals surface area contributed by atoms with Crippen LogP contribution in [0.5, 0.6) is 0 Å². The summed E-state index contributed by atoms with van der Waals surface area (Å²) in [6.07, 6.45) is -5.06. The lowest BCUT2D eigenvalue weighted by Gasteiger charge is -2.27. The lowest BCUT2D eigenvalue weighted by molar-refractivity contribution is -0.163. The molecule has 2 atom stereocenters. The van der Waals surface area contributed by atoms with Crippen molar-refractivity contribution in [3.63, 3.8) is 0 Å². The average molecular weight is 433 g/mol. The number of esters is 3. The van der Waals surface area contributed by atoms with E-state index in [-0.39, 0.29) is 5.56 Å². The number of amides is 1. The Bertz CT molecular complexity index is 779. The molecule has 0 fully saturated rings. The van der Waals surface area contributed by atoms with Gasteiger partial charge in [-0.2, -0.15) is 13.2 Å². The molecule has 0 aromatic heterocycles. The second kappa shape index (κ2) is 10.6. The number of hydrogen-bond acceptors (Lipinski definition) is 7. The summed E-state index contributed by atoms with van der Waals surface area (Å²) in [7, 11) is 3.10. The summed E-state index contributed by atoms with van der Waals surface area (Å²) in [6, 6.07) is 2.67. The fraction of sp³-hybridized carbons (Fsp3) is 0.474. The molecule has 0 aliphatic carbocycles. The summed E-state index contributed by atoms with van der Waals surface area (Å²) in [5.74, 6) is -6.44. The number of rotatable bonds is 8. The predicted octanol–water partition coefficient (Wildman–Crippen LogP) is 1.50. The van der Waals surface area contributed by atoms with Gasteiger partial charge in [0.25, 0.3) is 0 Å². The number of hydrogen-bond donors (Lipinski definition) is 1. The van der Waals surface area contributed by atoms with Crippen LogP contribution in [0.25, 0.3) is 0 Å². The fourth-order valence-electron chi connectivity index (χ4n) is 2.77. The van der Waals surface area contributed by atoms with Gasteiger partial charge in [0.15, 0.2) is 5.92 Å². The van der Waals surface area contributed by atoms with E-state index in [1.807, 2.05) is 0 Å². The van der Waals surface area contributed by atoms with Crippen LogP contribution in [0.4, 0.5) is 13.2 Å². The van der Waals surface area contributed by atoms with Gasteiger partial charge in [-0.15, -0.1) is 0 Å². The van der Waals surface area contributed by atoms with E-state index in [1.165, 1.54) is 13.0 Å². The number of benzene rings is 1. The maximum absolute atomic E-state index is 12.8. The highest BCUT2D eigenvalue weighted by atomic mass is 19.4. The lowest BCUT2D eigenvalue weighted by atomic mass is 9.87. The van der Waals surface area contributed by atoms with E-state index in [1.54, 1.807) is 0 Å². The minimum atomic E-state index is -4.58. The molecule has 0 saturated heterocycles. The Morgan fingerprint density at radius 2 is 1.50 bits per heavy atom. The first-order valence-corrected chi connectivity index (χ1v) is 8.65. The van der Waals surface area contributed by atoms with Crippen LogP contribution in [0, 0.1) is 11.8 Å². The standard InChI is InChI=1S/C19H22F3NO7/c1-10(14(16(25)28-2)17(26)29-3)15(18(27)30-4)23-13(24)9-11-6-5-7-12(8-11)19(20,21)22/h5-8,10,14-15H,9H2,1-4H3,(H,23,24)/t10-,15-/m1/s1. The predicted molar refractivity (Wildman–Crippen MR) is 95.8 cm³/mol. The molecule has 0 bridgehead atoms. The normalized spacial score (nSPS) is 13.2. The molecule has 166 valence electrons. The van der Waals surface area contributed by atoms with Crippen molar-refractivity contribution in [1.82, 2.24) is 5.32 Å². The van der Waals surface area contributed by atoms with Gasteiger partial charge < -0.3 is 19.5 Å². The molecule has 0 heterocycles. The number of methoxy groups -OCH3 is 3. The van der Waals surface area contributed by atoms with E-state index in [4.69, 9.17) is 0 Å². The minimum Gasteiger partial charge on any atom is -0.468 e. The van der Waals surface area contributed by atoms with Crippen LogP contribution in [0.3, 0.4) is 0 Å². The Labute approximate surface area is 170 Å². The molecule has 0 radical (unpaired) electrons. The summed E-state index contributed by atoms with van der Waals surface area (Å²) in [5.41, 5.74) is -0.877. The van der Waals surface area contributed by atoms with Crippen LogP contribution >= 0.6 is 0 Å². The Hall–Kier alpha value is -3.11. The van der Waals surface area contributed by atoms with Gasteiger partial charge in [0.1, 0.15) is 6.04 Å². The first-order chi connectivity index (χ1) is 14.0. The van der Waals surface area contributed by atoms with E-state index in [2.05, 4.69) is 19.5 Å². The monoisotopic (exact) mass is 433 g/mol. The Morgan fingerprint density at radius 1 is 0.967 bits per heavy atom. The van der Waals surface area contributed by atoms with Crippen molar-refractivity contribution >= 4 is 23.8 Å². The van der Waals surface area contributed by atoms with Crippen LogP contribution in [0.1, 0.15) is 18.1 Å². The van der Waals surface area contributed by atoms with Crippen molar-refractivity contribution < 1.29 is 46.6 Å². The summed E-state index contributed by atoms with van der Waals surface area (Å²) >= 11 is 0. The van der Waals surface area contributed by atoms with Crippen LogP contribution in [-0.4, -0.2) is 51.2 Å². The molecule has 8 nitrogen and oxygen atoms in total. The van der Waals surface area contributed by atoms with Crippen molar-refractivity contribution in [3.8, 4) is 0 Å². The van der Waals surface area contributed by atoms with Crippen LogP contribution in [0.2, 0.25) is 0 Å². The molecular weight excluding hydrogens is 411 g/mol. The molecule has 1 aromatic rings. The molecular formula is C19H22F3NO7. The quantitative estimate of drug-likeness (QED) is 0.376. The highest BCUT2D eigenvalue weighted by Crippen LogP contribution is 2.29. The Balaban J connectivity index is 3.07. The second-order valence-corrected chi connectivity index (χ2v) is 6.33. The van der Waals surface area contributed by atoms with Gasteiger partial charge in [0.05, 0.1) is 33.3 Å². The first-order valence-electron chi connectivity index (χ1n) is 8.65. The number of alkyl halides is 3. The number of carbonyl (C=O) groups excluding carboxylic acids is 4. The van der Waals surface area contributed by atoms with Crippen LogP contribution in [-0.2, 0) is 46.0 Å². The van der Waals surface area contributed by atoms with E-state index in [0.29, 0.717) is 0 Å². The van der Waals surface area contributed by atoms with E-state index < -0.39 is 59.9 Å². The Kier molecular flexibility index (Phi) is 8.81. The third-order valence-corrected chi connectivity index (χ3v) is 4.35. The molecule has 0 aliphatic rings. The van der Waals surface area contributed by atoms with Gasteiger partial charge in [-0.1, -0.05) is 25.1 Å². The largest absolute Gasteiger partial charge is 0.468 e. The van der Waals surface area contributed by atoms with Crippen molar-refractivity contribution in [1.29, 1.82) is 0 Å². The highest BCUT2D eigenvalue weighted by Gasteiger charge is 2.42. The van der Waals surface area contributed by atoms with Crippen LogP contribution < -0.4 is 5.32 Å². The average Bonchev–Trinajstić information content (AvgIpc) is 2.70. The Morgan fingerprint density at radius 3 is 1.97 bits per heavy atom. The van der Waals surface area contributed by atoms with E-state index in [0.717, 1.165) is 39.5 Å². The molecule has 0 spiro atoms. The molecule has 30 heavy (non-hydrogen) atoms. The molecule has 0 unspecified atom stereocenters. The highest BCUT2D eigenvalue weighted by molar-refractivity contribution is 5.96. The third kappa shape index (κ3) is 6.46. The minimum absolute atomic E-state index is 0.0519. The SMILES string of the molecule is COC(=O)C(C(=O)OC)[C@@H](C)[C@@H](NC(=O)Cc1cccc(C(F)(F)F)c1)C(=O)OC. The van der Waals surface area contributed by atoms with Gasteiger partial charge >= 0.3 is 24.1 Å². The summed E-state index contributed by atoms with van der Waals surface area (Å²) in [5, 5.41) is 2.30. The molecule has 1 rings (SSSR count). The van der Waals surface area contributed by atoms with E-state index in [9.17, 15) is 32.3 Å². The van der Waals surface area contributed by atoms with Crippen molar-refractivity contribution in [2.45, 2.75) is 25.6 Å². The lowest BCUT2D eigenvalue weighted by Crippen LogP contribution is -2.51. The molecule has 0 aliphatic heterocycles. The van der Waals surface area contributed by atoms with E-state index >= 15 is 0 Å².